The maximum atomic E-state index is 6.02. The molecule has 0 aliphatic carbocycles. The molecule has 156 valence electrons. The Labute approximate surface area is 188 Å². The van der Waals surface area contributed by atoms with Crippen LogP contribution in [0.3, 0.4) is 0 Å². The van der Waals surface area contributed by atoms with Crippen molar-refractivity contribution >= 4 is 27.9 Å². The zero-order valence-corrected chi connectivity index (χ0v) is 18.6. The third kappa shape index (κ3) is 3.25. The largest absolute Gasteiger partial charge is 0.436 e. The molecule has 0 radical (unpaired) electrons. The van der Waals surface area contributed by atoms with Crippen molar-refractivity contribution in [2.24, 2.45) is 0 Å². The van der Waals surface area contributed by atoms with Crippen LogP contribution in [0.15, 0.2) is 89.9 Å². The van der Waals surface area contributed by atoms with E-state index < -0.39 is 0 Å². The molecule has 0 bridgehead atoms. The molecule has 32 heavy (non-hydrogen) atoms. The highest BCUT2D eigenvalue weighted by Gasteiger charge is 2.16. The second kappa shape index (κ2) is 7.97. The number of nitrogens with zero attached hydrogens (tertiary/aromatic N) is 1. The molecule has 0 amide bonds. The Morgan fingerprint density at radius 3 is 2.34 bits per heavy atom. The molecule has 5 rings (SSSR count). The number of fused-ring (bicyclic) bond motifs is 2. The number of aromatic nitrogens is 1. The second-order valence-corrected chi connectivity index (χ2v) is 8.20. The maximum absolute atomic E-state index is 6.02. The molecule has 0 aliphatic heterocycles. The number of oxazole rings is 1. The Bertz CT molecular complexity index is 1480. The lowest BCUT2D eigenvalue weighted by atomic mass is 9.86. The molecular formula is C30H25NO. The van der Waals surface area contributed by atoms with E-state index in [-0.39, 0.29) is 0 Å². The first-order chi connectivity index (χ1) is 15.6. The number of hydrogen-bond donors (Lipinski definition) is 0. The topological polar surface area (TPSA) is 26.0 Å². The Morgan fingerprint density at radius 2 is 1.59 bits per heavy atom. The smallest absolute Gasteiger partial charge is 0.227 e. The molecule has 0 N–H and O–H groups in total. The third-order valence-corrected chi connectivity index (χ3v) is 6.21. The molecule has 0 spiro atoms. The maximum Gasteiger partial charge on any atom is 0.227 e. The van der Waals surface area contributed by atoms with Crippen LogP contribution in [0.25, 0.3) is 50.5 Å². The van der Waals surface area contributed by atoms with E-state index in [1.807, 2.05) is 36.4 Å². The summed E-state index contributed by atoms with van der Waals surface area (Å²) in [7, 11) is 0. The van der Waals surface area contributed by atoms with E-state index in [0.717, 1.165) is 22.2 Å². The quantitative estimate of drug-likeness (QED) is 0.275. The number of allylic oxidation sites excluding steroid dienone is 2. The highest BCUT2D eigenvalue weighted by Crippen LogP contribution is 2.39. The first-order valence-corrected chi connectivity index (χ1v) is 10.9. The Morgan fingerprint density at radius 1 is 0.844 bits per heavy atom. The van der Waals surface area contributed by atoms with Crippen LogP contribution in [-0.2, 0) is 0 Å². The van der Waals surface area contributed by atoms with Crippen LogP contribution < -0.4 is 0 Å². The predicted octanol–water partition coefficient (Wildman–Crippen LogP) is 8.44. The summed E-state index contributed by atoms with van der Waals surface area (Å²) >= 11 is 0. The number of aryl methyl sites for hydroxylation is 2. The lowest BCUT2D eigenvalue weighted by Crippen LogP contribution is -1.96. The van der Waals surface area contributed by atoms with Gasteiger partial charge in [0.15, 0.2) is 5.58 Å². The van der Waals surface area contributed by atoms with Crippen LogP contribution in [0.1, 0.15) is 22.3 Å². The fourth-order valence-electron chi connectivity index (χ4n) is 4.66. The van der Waals surface area contributed by atoms with E-state index >= 15 is 0 Å². The first-order valence-electron chi connectivity index (χ1n) is 10.9. The fraction of sp³-hybridized carbons (Fsp3) is 0.100. The van der Waals surface area contributed by atoms with Crippen molar-refractivity contribution in [2.45, 2.75) is 20.8 Å². The average molecular weight is 416 g/mol. The molecule has 1 heterocycles. The van der Waals surface area contributed by atoms with Gasteiger partial charge in [-0.15, -0.1) is 0 Å². The summed E-state index contributed by atoms with van der Waals surface area (Å²) in [4.78, 5) is 4.68. The van der Waals surface area contributed by atoms with Gasteiger partial charge in [-0.3, -0.25) is 0 Å². The van der Waals surface area contributed by atoms with Crippen molar-refractivity contribution in [3.05, 3.63) is 108 Å². The molecule has 0 fully saturated rings. The number of para-hydroxylation sites is 2. The zero-order valence-electron chi connectivity index (χ0n) is 18.6. The van der Waals surface area contributed by atoms with Crippen molar-refractivity contribution in [2.75, 3.05) is 0 Å². The summed E-state index contributed by atoms with van der Waals surface area (Å²) in [5.74, 6) is 0.664. The molecule has 5 aromatic rings. The summed E-state index contributed by atoms with van der Waals surface area (Å²) in [5, 5.41) is 2.54. The van der Waals surface area contributed by atoms with Gasteiger partial charge in [-0.2, -0.15) is 0 Å². The van der Waals surface area contributed by atoms with Gasteiger partial charge in [0.25, 0.3) is 0 Å². The highest BCUT2D eigenvalue weighted by atomic mass is 16.3. The zero-order chi connectivity index (χ0) is 22.2. The van der Waals surface area contributed by atoms with E-state index in [9.17, 15) is 0 Å². The average Bonchev–Trinajstić information content (AvgIpc) is 3.23. The van der Waals surface area contributed by atoms with Gasteiger partial charge in [0.2, 0.25) is 5.89 Å². The number of hydrogen-bond acceptors (Lipinski definition) is 2. The van der Waals surface area contributed by atoms with E-state index in [0.29, 0.717) is 5.89 Å². The van der Waals surface area contributed by atoms with Gasteiger partial charge in [0, 0.05) is 5.56 Å². The molecule has 2 heteroatoms. The Hall–Kier alpha value is -3.91. The summed E-state index contributed by atoms with van der Waals surface area (Å²) in [5.41, 5.74) is 10.1. The standard InChI is InChI=1S/C30H25NO/c1-5-6-11-24-20(3)29(21(4)25-12-7-8-13-26(24)25)22-16-17-23(19(2)18-22)30-31-27-14-9-10-15-28(27)32-30/h5-18H,1H2,2-4H3/b11-6-. The minimum Gasteiger partial charge on any atom is -0.436 e. The summed E-state index contributed by atoms with van der Waals surface area (Å²) in [6.07, 6.45) is 6.00. The van der Waals surface area contributed by atoms with E-state index in [1.165, 1.54) is 38.6 Å². The lowest BCUT2D eigenvalue weighted by Gasteiger charge is -2.18. The minimum absolute atomic E-state index is 0.664. The van der Waals surface area contributed by atoms with E-state index in [1.54, 1.807) is 0 Å². The van der Waals surface area contributed by atoms with Gasteiger partial charge in [0.1, 0.15) is 5.52 Å². The molecular weight excluding hydrogens is 390 g/mol. The molecule has 4 aromatic carbocycles. The minimum atomic E-state index is 0.664. The third-order valence-electron chi connectivity index (χ3n) is 6.21. The highest BCUT2D eigenvalue weighted by molar-refractivity contribution is 6.00. The number of benzene rings is 4. The predicted molar refractivity (Wildman–Crippen MR) is 136 cm³/mol. The van der Waals surface area contributed by atoms with Gasteiger partial charge < -0.3 is 4.42 Å². The monoisotopic (exact) mass is 415 g/mol. The normalized spacial score (nSPS) is 11.6. The van der Waals surface area contributed by atoms with E-state index in [2.05, 4.69) is 80.9 Å². The molecule has 1 aromatic heterocycles. The summed E-state index contributed by atoms with van der Waals surface area (Å²) in [6.45, 7) is 10.4. The van der Waals surface area contributed by atoms with Crippen LogP contribution in [0, 0.1) is 20.8 Å². The van der Waals surface area contributed by atoms with Crippen molar-refractivity contribution in [1.82, 2.24) is 4.98 Å². The van der Waals surface area contributed by atoms with Crippen molar-refractivity contribution in [3.63, 3.8) is 0 Å². The first kappa shape index (κ1) is 20.0. The van der Waals surface area contributed by atoms with Crippen LogP contribution in [0.2, 0.25) is 0 Å². The summed E-state index contributed by atoms with van der Waals surface area (Å²) < 4.78 is 6.02. The van der Waals surface area contributed by atoms with Crippen molar-refractivity contribution in [1.29, 1.82) is 0 Å². The van der Waals surface area contributed by atoms with Crippen molar-refractivity contribution in [3.8, 4) is 22.6 Å². The molecule has 0 aliphatic rings. The van der Waals surface area contributed by atoms with Gasteiger partial charge in [-0.05, 0) is 83.1 Å². The Balaban J connectivity index is 1.69. The van der Waals surface area contributed by atoms with Gasteiger partial charge in [-0.25, -0.2) is 4.98 Å². The van der Waals surface area contributed by atoms with E-state index in [4.69, 9.17) is 4.42 Å². The van der Waals surface area contributed by atoms with Gasteiger partial charge in [-0.1, -0.05) is 73.3 Å². The Kier molecular flexibility index (Phi) is 4.99. The second-order valence-electron chi connectivity index (χ2n) is 8.20. The van der Waals surface area contributed by atoms with Crippen LogP contribution in [0.4, 0.5) is 0 Å². The molecule has 0 saturated heterocycles. The molecule has 0 unspecified atom stereocenters. The molecule has 0 saturated carbocycles. The summed E-state index contributed by atoms with van der Waals surface area (Å²) in [6, 6.07) is 23.1. The molecule has 2 nitrogen and oxygen atoms in total. The number of rotatable bonds is 4. The van der Waals surface area contributed by atoms with Gasteiger partial charge in [0.05, 0.1) is 0 Å². The van der Waals surface area contributed by atoms with Gasteiger partial charge >= 0.3 is 0 Å². The SMILES string of the molecule is C=C/C=C\c1c(C)c(-c2ccc(-c3nc4ccccc4o3)c(C)c2)c(C)c2ccccc12. The lowest BCUT2D eigenvalue weighted by molar-refractivity contribution is 0.619. The van der Waals surface area contributed by atoms with Crippen LogP contribution in [-0.4, -0.2) is 4.98 Å². The van der Waals surface area contributed by atoms with Crippen LogP contribution >= 0.6 is 0 Å². The van der Waals surface area contributed by atoms with Crippen LogP contribution in [0.5, 0.6) is 0 Å². The van der Waals surface area contributed by atoms with Crippen molar-refractivity contribution < 1.29 is 4.42 Å². The fourth-order valence-corrected chi connectivity index (χ4v) is 4.66. The molecule has 0 atom stereocenters.